The van der Waals surface area contributed by atoms with Gasteiger partial charge in [-0.25, -0.2) is 4.98 Å². The van der Waals surface area contributed by atoms with Crippen LogP contribution in [0.2, 0.25) is 5.15 Å². The number of aromatic nitrogens is 1. The van der Waals surface area contributed by atoms with Gasteiger partial charge in [-0.15, -0.1) is 11.8 Å². The zero-order valence-electron chi connectivity index (χ0n) is 12.2. The standard InChI is InChI=1S/C15H21ClN2S.ClH.H2O/c16-14-6-3-7-15(17-14)19-13-8-10-18(11-9-13)12-4-1-2-5-12;;/h3,6-7,12-13H,1-2,4-5,8-11H2;1H;1H2. The second-order valence-corrected chi connectivity index (χ2v) is 7.46. The van der Waals surface area contributed by atoms with Crippen LogP contribution in [0, 0.1) is 0 Å². The normalized spacial score (nSPS) is 26.0. The number of pyridine rings is 1. The van der Waals surface area contributed by atoms with Gasteiger partial charge in [-0.3, -0.25) is 0 Å². The first-order valence-electron chi connectivity index (χ1n) is 7.45. The molecule has 0 spiro atoms. The van der Waals surface area contributed by atoms with Crippen molar-refractivity contribution in [3.63, 3.8) is 0 Å². The van der Waals surface area contributed by atoms with Crippen LogP contribution in [0.25, 0.3) is 0 Å². The highest BCUT2D eigenvalue weighted by molar-refractivity contribution is 7.99. The van der Waals surface area contributed by atoms with Crippen molar-refractivity contribution in [3.8, 4) is 0 Å². The highest BCUT2D eigenvalue weighted by Crippen LogP contribution is 2.27. The summed E-state index contributed by atoms with van der Waals surface area (Å²) < 4.78 is 0. The monoisotopic (exact) mass is 350 g/mol. The van der Waals surface area contributed by atoms with Crippen molar-refractivity contribution in [2.75, 3.05) is 13.1 Å². The molecule has 1 aromatic heterocycles. The van der Waals surface area contributed by atoms with Crippen LogP contribution in [0.5, 0.6) is 0 Å². The Balaban J connectivity index is 0.00000110. The number of rotatable bonds is 3. The maximum Gasteiger partial charge on any atom is 0.130 e. The highest BCUT2D eigenvalue weighted by atomic mass is 35.5. The third-order valence-electron chi connectivity index (χ3n) is 4.48. The van der Waals surface area contributed by atoms with E-state index in [1.54, 1.807) is 0 Å². The molecule has 2 heterocycles. The van der Waals surface area contributed by atoms with Crippen LogP contribution in [0.4, 0.5) is 0 Å². The lowest BCUT2D eigenvalue weighted by atomic mass is 10.1. The average Bonchev–Trinajstić information content (AvgIpc) is 2.94. The van der Waals surface area contributed by atoms with Crippen molar-refractivity contribution in [2.24, 2.45) is 0 Å². The van der Waals surface area contributed by atoms with Crippen LogP contribution in [0.15, 0.2) is 23.2 Å². The summed E-state index contributed by atoms with van der Waals surface area (Å²) in [5, 5.41) is 2.43. The van der Waals surface area contributed by atoms with Gasteiger partial charge in [0, 0.05) is 18.1 Å². The number of hydrogen-bond acceptors (Lipinski definition) is 2. The molecule has 0 amide bonds. The Morgan fingerprint density at radius 1 is 1.10 bits per heavy atom. The molecule has 1 aliphatic carbocycles. The van der Waals surface area contributed by atoms with Gasteiger partial charge in [-0.1, -0.05) is 17.7 Å². The van der Waals surface area contributed by atoms with E-state index in [2.05, 4.69) is 11.1 Å². The molecule has 1 aromatic rings. The van der Waals surface area contributed by atoms with E-state index >= 15 is 0 Å². The molecule has 0 unspecified atom stereocenters. The fourth-order valence-electron chi connectivity index (χ4n) is 3.45. The van der Waals surface area contributed by atoms with Gasteiger partial charge < -0.3 is 22.8 Å². The number of piperidine rings is 1. The predicted molar refractivity (Wildman–Crippen MR) is 84.7 cm³/mol. The molecule has 3 rings (SSSR count). The topological polar surface area (TPSA) is 48.8 Å². The first-order valence-corrected chi connectivity index (χ1v) is 8.71. The van der Waals surface area contributed by atoms with Crippen LogP contribution in [0.1, 0.15) is 38.5 Å². The number of quaternary nitrogens is 1. The van der Waals surface area contributed by atoms with E-state index in [0.29, 0.717) is 5.15 Å². The molecule has 2 fully saturated rings. The minimum atomic E-state index is 0. The highest BCUT2D eigenvalue weighted by Gasteiger charge is 2.30. The van der Waals surface area contributed by atoms with E-state index in [0.717, 1.165) is 16.3 Å². The summed E-state index contributed by atoms with van der Waals surface area (Å²) in [6.45, 7) is 2.70. The summed E-state index contributed by atoms with van der Waals surface area (Å²) >= 11 is 7.86. The first-order chi connectivity index (χ1) is 9.31. The minimum absolute atomic E-state index is 0. The fourth-order valence-corrected chi connectivity index (χ4v) is 4.78. The van der Waals surface area contributed by atoms with Gasteiger partial charge in [0.1, 0.15) is 5.15 Å². The van der Waals surface area contributed by atoms with Crippen molar-refractivity contribution in [1.82, 2.24) is 4.98 Å². The molecule has 0 aromatic carbocycles. The van der Waals surface area contributed by atoms with Gasteiger partial charge in [-0.2, -0.15) is 0 Å². The third kappa shape index (κ3) is 5.29. The summed E-state index contributed by atoms with van der Waals surface area (Å²) in [7, 11) is 0. The van der Waals surface area contributed by atoms with Crippen molar-refractivity contribution in [2.45, 2.75) is 54.8 Å². The molecule has 0 atom stereocenters. The number of halogens is 2. The van der Waals surface area contributed by atoms with Gasteiger partial charge >= 0.3 is 0 Å². The Kier molecular flexibility index (Phi) is 8.35. The maximum atomic E-state index is 5.94. The molecule has 3 nitrogen and oxygen atoms in total. The Morgan fingerprint density at radius 3 is 2.38 bits per heavy atom. The van der Waals surface area contributed by atoms with Gasteiger partial charge in [0.25, 0.3) is 0 Å². The molecule has 2 aliphatic rings. The Bertz CT molecular complexity index is 422. The molecular weight excluding hydrogens is 327 g/mol. The maximum absolute atomic E-state index is 5.94. The van der Waals surface area contributed by atoms with Gasteiger partial charge in [0.2, 0.25) is 0 Å². The molecule has 1 saturated heterocycles. The van der Waals surface area contributed by atoms with Gasteiger partial charge in [0.05, 0.1) is 24.2 Å². The molecule has 0 bridgehead atoms. The van der Waals surface area contributed by atoms with Crippen LogP contribution in [-0.2, 0) is 0 Å². The second-order valence-electron chi connectivity index (χ2n) is 5.76. The first kappa shape index (κ1) is 19.0. The Labute approximate surface area is 142 Å². The number of likely N-dealkylation sites (tertiary alicyclic amines) is 1. The SMILES string of the molecule is Clc1cccc(SC2CC[NH+](C3CCCC3)CC2)n1.O.[Cl-]. The molecule has 6 heteroatoms. The number of hydrogen-bond donors (Lipinski definition) is 1. The third-order valence-corrected chi connectivity index (χ3v) is 5.97. The molecular formula is C15H24Cl2N2OS. The van der Waals surface area contributed by atoms with Crippen LogP contribution in [0.3, 0.4) is 0 Å². The Hall–Kier alpha value is -0.0000000000000000555. The lowest BCUT2D eigenvalue weighted by Gasteiger charge is -2.32. The van der Waals surface area contributed by atoms with Crippen LogP contribution < -0.4 is 17.3 Å². The van der Waals surface area contributed by atoms with Gasteiger partial charge in [0.15, 0.2) is 0 Å². The smallest absolute Gasteiger partial charge is 0.130 e. The van der Waals surface area contributed by atoms with E-state index in [1.165, 1.54) is 51.6 Å². The predicted octanol–water partition coefficient (Wildman–Crippen LogP) is -1.00. The fraction of sp³-hybridized carbons (Fsp3) is 0.667. The summed E-state index contributed by atoms with van der Waals surface area (Å²) in [4.78, 5) is 6.25. The quantitative estimate of drug-likeness (QED) is 0.710. The van der Waals surface area contributed by atoms with Crippen molar-refractivity contribution >= 4 is 23.4 Å². The van der Waals surface area contributed by atoms with Crippen molar-refractivity contribution in [3.05, 3.63) is 23.4 Å². The molecule has 1 saturated carbocycles. The number of nitrogens with one attached hydrogen (secondary N) is 1. The van der Waals surface area contributed by atoms with Crippen molar-refractivity contribution in [1.29, 1.82) is 0 Å². The summed E-state index contributed by atoms with van der Waals surface area (Å²) in [5.74, 6) is 0. The zero-order chi connectivity index (χ0) is 13.1. The van der Waals surface area contributed by atoms with E-state index < -0.39 is 0 Å². The minimum Gasteiger partial charge on any atom is -1.00 e. The lowest BCUT2D eigenvalue weighted by Crippen LogP contribution is -3.16. The molecule has 0 radical (unpaired) electrons. The second kappa shape index (κ2) is 9.21. The van der Waals surface area contributed by atoms with Gasteiger partial charge in [-0.05, 0) is 37.8 Å². The Morgan fingerprint density at radius 2 is 1.76 bits per heavy atom. The molecule has 1 aliphatic heterocycles. The largest absolute Gasteiger partial charge is 1.00 e. The lowest BCUT2D eigenvalue weighted by molar-refractivity contribution is -0.929. The van der Waals surface area contributed by atoms with E-state index in [-0.39, 0.29) is 17.9 Å². The summed E-state index contributed by atoms with van der Waals surface area (Å²) in [5.41, 5.74) is 0. The molecule has 120 valence electrons. The van der Waals surface area contributed by atoms with Crippen LogP contribution in [-0.4, -0.2) is 34.8 Å². The zero-order valence-corrected chi connectivity index (χ0v) is 14.5. The average molecular weight is 351 g/mol. The number of thioether (sulfide) groups is 1. The summed E-state index contributed by atoms with van der Waals surface area (Å²) in [6, 6.07) is 6.89. The van der Waals surface area contributed by atoms with E-state index in [9.17, 15) is 0 Å². The molecule has 3 N–H and O–H groups in total. The van der Waals surface area contributed by atoms with E-state index in [1.807, 2.05) is 28.8 Å². The number of nitrogens with zero attached hydrogens (tertiary/aromatic N) is 1. The van der Waals surface area contributed by atoms with E-state index in [4.69, 9.17) is 11.6 Å². The molecule has 21 heavy (non-hydrogen) atoms. The summed E-state index contributed by atoms with van der Waals surface area (Å²) in [6.07, 6.45) is 8.49. The van der Waals surface area contributed by atoms with Crippen LogP contribution >= 0.6 is 23.4 Å². The van der Waals surface area contributed by atoms with Crippen molar-refractivity contribution < 1.29 is 22.8 Å².